The maximum Gasteiger partial charge on any atom is 0.188 e. The minimum Gasteiger partial charge on any atom is -0.489 e. The van der Waals surface area contributed by atoms with E-state index >= 15 is 0 Å². The van der Waals surface area contributed by atoms with Crippen molar-refractivity contribution in [3.05, 3.63) is 65.7 Å². The Hall–Kier alpha value is -1.76. The van der Waals surface area contributed by atoms with Crippen molar-refractivity contribution in [3.8, 4) is 5.75 Å². The highest BCUT2D eigenvalue weighted by atomic mass is 127. The minimum atomic E-state index is 0. The van der Waals surface area contributed by atoms with Gasteiger partial charge in [-0.15, -0.1) is 24.0 Å². The normalized spacial score (nSPS) is 12.2. The summed E-state index contributed by atoms with van der Waals surface area (Å²) in [6.45, 7) is 5.45. The molecule has 3 N–H and O–H groups in total. The zero-order chi connectivity index (χ0) is 17.2. The van der Waals surface area contributed by atoms with E-state index in [0.717, 1.165) is 24.2 Å². The van der Waals surface area contributed by atoms with Crippen molar-refractivity contribution >= 4 is 29.9 Å². The van der Waals surface area contributed by atoms with E-state index in [2.05, 4.69) is 48.4 Å². The number of aliphatic imine (C=N–C) groups is 1. The zero-order valence-electron chi connectivity index (χ0n) is 14.9. The Morgan fingerprint density at radius 1 is 1.12 bits per heavy atom. The molecule has 0 spiro atoms. The predicted octanol–water partition coefficient (Wildman–Crippen LogP) is 4.13. The van der Waals surface area contributed by atoms with Gasteiger partial charge < -0.3 is 15.8 Å². The van der Waals surface area contributed by atoms with Crippen molar-refractivity contribution in [3.63, 3.8) is 0 Å². The number of ether oxygens (including phenoxy) is 1. The maximum atomic E-state index is 5.87. The molecule has 4 nitrogen and oxygen atoms in total. The fourth-order valence-electron chi connectivity index (χ4n) is 2.24. The lowest BCUT2D eigenvalue weighted by molar-refractivity contribution is 0.306. The average molecular weight is 453 g/mol. The summed E-state index contributed by atoms with van der Waals surface area (Å²) in [5.74, 6) is 1.40. The summed E-state index contributed by atoms with van der Waals surface area (Å²) in [6.07, 6.45) is 1.86. The molecule has 136 valence electrons. The van der Waals surface area contributed by atoms with Gasteiger partial charge >= 0.3 is 0 Å². The summed E-state index contributed by atoms with van der Waals surface area (Å²) in [7, 11) is 0. The second kappa shape index (κ2) is 11.7. The van der Waals surface area contributed by atoms with Gasteiger partial charge in [0.1, 0.15) is 12.4 Å². The second-order valence-electron chi connectivity index (χ2n) is 5.89. The highest BCUT2D eigenvalue weighted by molar-refractivity contribution is 14.0. The predicted molar refractivity (Wildman–Crippen MR) is 116 cm³/mol. The first-order valence-electron chi connectivity index (χ1n) is 8.49. The fourth-order valence-corrected chi connectivity index (χ4v) is 2.24. The Bertz CT molecular complexity index is 646. The topological polar surface area (TPSA) is 59.6 Å². The van der Waals surface area contributed by atoms with Crippen LogP contribution in [-0.4, -0.2) is 18.5 Å². The van der Waals surface area contributed by atoms with E-state index < -0.39 is 0 Å². The van der Waals surface area contributed by atoms with E-state index in [-0.39, 0.29) is 24.0 Å². The lowest BCUT2D eigenvalue weighted by atomic mass is 10.1. The van der Waals surface area contributed by atoms with Gasteiger partial charge in [0.15, 0.2) is 5.96 Å². The quantitative estimate of drug-likeness (QED) is 0.359. The third kappa shape index (κ3) is 8.25. The van der Waals surface area contributed by atoms with Crippen LogP contribution in [0.25, 0.3) is 0 Å². The van der Waals surface area contributed by atoms with E-state index in [0.29, 0.717) is 25.2 Å². The Kier molecular flexibility index (Phi) is 9.99. The molecule has 25 heavy (non-hydrogen) atoms. The van der Waals surface area contributed by atoms with Gasteiger partial charge in [-0.1, -0.05) is 49.4 Å². The van der Waals surface area contributed by atoms with Crippen LogP contribution in [0.1, 0.15) is 31.4 Å². The smallest absolute Gasteiger partial charge is 0.188 e. The summed E-state index contributed by atoms with van der Waals surface area (Å²) in [4.78, 5) is 4.37. The van der Waals surface area contributed by atoms with E-state index in [9.17, 15) is 0 Å². The molecular weight excluding hydrogens is 425 g/mol. The number of rotatable bonds is 8. The Labute approximate surface area is 167 Å². The minimum absolute atomic E-state index is 0. The summed E-state index contributed by atoms with van der Waals surface area (Å²) in [6, 6.07) is 18.7. The van der Waals surface area contributed by atoms with E-state index in [4.69, 9.17) is 10.5 Å². The SMILES string of the molecule is CCC(C)NC(N)=NCCc1cccc(OCc2ccccc2)c1.I. The second-order valence-corrected chi connectivity index (χ2v) is 5.89. The van der Waals surface area contributed by atoms with Crippen LogP contribution in [0.15, 0.2) is 59.6 Å². The monoisotopic (exact) mass is 453 g/mol. The highest BCUT2D eigenvalue weighted by Gasteiger charge is 2.00. The van der Waals surface area contributed by atoms with Crippen molar-refractivity contribution in [1.29, 1.82) is 0 Å². The van der Waals surface area contributed by atoms with Gasteiger partial charge in [0.25, 0.3) is 0 Å². The van der Waals surface area contributed by atoms with Crippen LogP contribution in [0.2, 0.25) is 0 Å². The number of hydrogen-bond acceptors (Lipinski definition) is 2. The molecule has 2 aromatic carbocycles. The molecule has 1 unspecified atom stereocenters. The highest BCUT2D eigenvalue weighted by Crippen LogP contribution is 2.15. The first-order chi connectivity index (χ1) is 11.7. The van der Waals surface area contributed by atoms with Crippen LogP contribution < -0.4 is 15.8 Å². The van der Waals surface area contributed by atoms with Gasteiger partial charge in [0, 0.05) is 12.6 Å². The van der Waals surface area contributed by atoms with Crippen molar-refractivity contribution in [2.75, 3.05) is 6.54 Å². The van der Waals surface area contributed by atoms with Gasteiger partial charge in [-0.2, -0.15) is 0 Å². The standard InChI is InChI=1S/C20H27N3O.HI/c1-3-16(2)23-20(21)22-13-12-17-10-7-11-19(14-17)24-15-18-8-5-4-6-9-18;/h4-11,14,16H,3,12-13,15H2,1-2H3,(H3,21,22,23);1H. The fraction of sp³-hybridized carbons (Fsp3) is 0.350. The van der Waals surface area contributed by atoms with Crippen LogP contribution in [0.5, 0.6) is 5.75 Å². The molecule has 0 heterocycles. The van der Waals surface area contributed by atoms with Gasteiger partial charge in [-0.25, -0.2) is 0 Å². The number of halogens is 1. The van der Waals surface area contributed by atoms with E-state index in [1.165, 1.54) is 5.56 Å². The molecule has 0 saturated heterocycles. The number of guanidine groups is 1. The van der Waals surface area contributed by atoms with Crippen LogP contribution in [0.4, 0.5) is 0 Å². The first kappa shape index (κ1) is 21.3. The number of benzene rings is 2. The van der Waals surface area contributed by atoms with Crippen LogP contribution in [-0.2, 0) is 13.0 Å². The summed E-state index contributed by atoms with van der Waals surface area (Å²) in [5, 5.41) is 3.17. The van der Waals surface area contributed by atoms with Crippen LogP contribution >= 0.6 is 24.0 Å². The van der Waals surface area contributed by atoms with Gasteiger partial charge in [-0.3, -0.25) is 4.99 Å². The molecule has 0 fully saturated rings. The van der Waals surface area contributed by atoms with E-state index in [1.54, 1.807) is 0 Å². The lowest BCUT2D eigenvalue weighted by Crippen LogP contribution is -2.38. The molecule has 1 atom stereocenters. The van der Waals surface area contributed by atoms with Gasteiger partial charge in [0.2, 0.25) is 0 Å². The maximum absolute atomic E-state index is 5.87. The molecule has 0 bridgehead atoms. The summed E-state index contributed by atoms with van der Waals surface area (Å²) < 4.78 is 5.85. The molecule has 0 radical (unpaired) electrons. The summed E-state index contributed by atoms with van der Waals surface area (Å²) in [5.41, 5.74) is 8.23. The zero-order valence-corrected chi connectivity index (χ0v) is 17.3. The molecule has 0 saturated carbocycles. The molecular formula is C20H28IN3O. The van der Waals surface area contributed by atoms with Gasteiger partial charge in [-0.05, 0) is 43.0 Å². The van der Waals surface area contributed by atoms with E-state index in [1.807, 2.05) is 30.3 Å². The molecule has 0 amide bonds. The molecule has 0 aliphatic rings. The van der Waals surface area contributed by atoms with Crippen molar-refractivity contribution in [2.24, 2.45) is 10.7 Å². The number of nitrogens with zero attached hydrogens (tertiary/aromatic N) is 1. The number of hydrogen-bond donors (Lipinski definition) is 2. The molecule has 5 heteroatoms. The van der Waals surface area contributed by atoms with Crippen molar-refractivity contribution < 1.29 is 4.74 Å². The van der Waals surface area contributed by atoms with Crippen LogP contribution in [0, 0.1) is 0 Å². The molecule has 0 aliphatic carbocycles. The largest absolute Gasteiger partial charge is 0.489 e. The Balaban J connectivity index is 0.00000312. The lowest BCUT2D eigenvalue weighted by Gasteiger charge is -2.11. The first-order valence-corrected chi connectivity index (χ1v) is 8.49. The Morgan fingerprint density at radius 2 is 1.84 bits per heavy atom. The third-order valence-electron chi connectivity index (χ3n) is 3.84. The Morgan fingerprint density at radius 3 is 2.56 bits per heavy atom. The molecule has 0 aromatic heterocycles. The van der Waals surface area contributed by atoms with Gasteiger partial charge in [0.05, 0.1) is 0 Å². The average Bonchev–Trinajstić information content (AvgIpc) is 2.61. The van der Waals surface area contributed by atoms with Crippen molar-refractivity contribution in [2.45, 2.75) is 39.3 Å². The van der Waals surface area contributed by atoms with Crippen LogP contribution in [0.3, 0.4) is 0 Å². The van der Waals surface area contributed by atoms with Crippen molar-refractivity contribution in [1.82, 2.24) is 5.32 Å². The molecule has 2 aromatic rings. The number of nitrogens with one attached hydrogen (secondary N) is 1. The summed E-state index contributed by atoms with van der Waals surface area (Å²) >= 11 is 0. The number of nitrogens with two attached hydrogens (primary N) is 1. The third-order valence-corrected chi connectivity index (χ3v) is 3.84. The molecule has 2 rings (SSSR count). The molecule has 0 aliphatic heterocycles.